The number of fused-ring (bicyclic) bond motifs is 1. The molecule has 1 aliphatic rings. The highest BCUT2D eigenvalue weighted by Crippen LogP contribution is 2.31. The number of nitrogens with zero attached hydrogens (tertiary/aromatic N) is 3. The monoisotopic (exact) mass is 322 g/mol. The smallest absolute Gasteiger partial charge is 0.157 e. The van der Waals surface area contributed by atoms with E-state index in [-0.39, 0.29) is 5.75 Å². The van der Waals surface area contributed by atoms with Gasteiger partial charge in [0.2, 0.25) is 0 Å². The van der Waals surface area contributed by atoms with Crippen molar-refractivity contribution in [2.75, 3.05) is 5.32 Å². The molecule has 3 aromatic rings. The van der Waals surface area contributed by atoms with E-state index in [0.717, 1.165) is 22.7 Å². The summed E-state index contributed by atoms with van der Waals surface area (Å²) in [4.78, 5) is 8.94. The zero-order valence-corrected chi connectivity index (χ0v) is 13.7. The molecule has 0 unspecified atom stereocenters. The number of rotatable bonds is 3. The topological polar surface area (TPSA) is 62.5 Å². The lowest BCUT2D eigenvalue weighted by Crippen LogP contribution is -2.19. The zero-order valence-electron chi connectivity index (χ0n) is 13.7. The number of imidazole rings is 1. The Bertz CT molecular complexity index is 817. The van der Waals surface area contributed by atoms with Crippen molar-refractivity contribution in [3.63, 3.8) is 0 Å². The first-order valence-corrected chi connectivity index (χ1v) is 8.69. The molecule has 5 heteroatoms. The van der Waals surface area contributed by atoms with Crippen molar-refractivity contribution in [1.82, 2.24) is 14.4 Å². The fraction of sp³-hybridized carbons (Fsp3) is 0.368. The van der Waals surface area contributed by atoms with Crippen molar-refractivity contribution in [3.8, 4) is 17.0 Å². The molecule has 1 saturated carbocycles. The maximum absolute atomic E-state index is 9.55. The van der Waals surface area contributed by atoms with Gasteiger partial charge < -0.3 is 10.4 Å². The molecule has 124 valence electrons. The number of hydrogen-bond acceptors (Lipinski definition) is 4. The first kappa shape index (κ1) is 15.0. The summed E-state index contributed by atoms with van der Waals surface area (Å²) in [5.74, 6) is 1.28. The highest BCUT2D eigenvalue weighted by molar-refractivity contribution is 5.76. The van der Waals surface area contributed by atoms with Crippen molar-refractivity contribution >= 4 is 11.5 Å². The fourth-order valence-corrected chi connectivity index (χ4v) is 3.48. The van der Waals surface area contributed by atoms with E-state index in [1.807, 2.05) is 18.3 Å². The van der Waals surface area contributed by atoms with E-state index in [2.05, 4.69) is 14.7 Å². The van der Waals surface area contributed by atoms with E-state index >= 15 is 0 Å². The van der Waals surface area contributed by atoms with Crippen LogP contribution < -0.4 is 5.32 Å². The molecule has 0 atom stereocenters. The third kappa shape index (κ3) is 2.94. The SMILES string of the molecule is Oc1ccc(-c2nc3cnccn3c2NC2CCCCCC2)cc1. The van der Waals surface area contributed by atoms with Crippen molar-refractivity contribution < 1.29 is 5.11 Å². The van der Waals surface area contributed by atoms with Gasteiger partial charge in [0.25, 0.3) is 0 Å². The summed E-state index contributed by atoms with van der Waals surface area (Å²) in [6, 6.07) is 7.70. The van der Waals surface area contributed by atoms with Gasteiger partial charge in [0.1, 0.15) is 17.3 Å². The molecule has 0 spiro atoms. The zero-order chi connectivity index (χ0) is 16.4. The second kappa shape index (κ2) is 6.51. The van der Waals surface area contributed by atoms with Gasteiger partial charge in [0, 0.05) is 24.0 Å². The second-order valence-corrected chi connectivity index (χ2v) is 6.49. The Hall–Kier alpha value is -2.56. The Labute approximate surface area is 141 Å². The third-order valence-corrected chi connectivity index (χ3v) is 4.77. The van der Waals surface area contributed by atoms with Crippen molar-refractivity contribution in [1.29, 1.82) is 0 Å². The summed E-state index contributed by atoms with van der Waals surface area (Å²) in [6.07, 6.45) is 13.1. The number of phenols is 1. The molecule has 0 saturated heterocycles. The minimum atomic E-state index is 0.266. The van der Waals surface area contributed by atoms with Crippen LogP contribution in [0.15, 0.2) is 42.9 Å². The Balaban J connectivity index is 1.76. The average Bonchev–Trinajstić information content (AvgIpc) is 2.78. The van der Waals surface area contributed by atoms with Crippen LogP contribution in [0, 0.1) is 0 Å². The molecule has 1 aromatic carbocycles. The highest BCUT2D eigenvalue weighted by Gasteiger charge is 2.19. The summed E-state index contributed by atoms with van der Waals surface area (Å²) in [5.41, 5.74) is 2.73. The Morgan fingerprint density at radius 1 is 1.04 bits per heavy atom. The van der Waals surface area contributed by atoms with Crippen LogP contribution in [0.5, 0.6) is 5.75 Å². The summed E-state index contributed by atoms with van der Waals surface area (Å²) in [5, 5.41) is 13.3. The van der Waals surface area contributed by atoms with Crippen LogP contribution in [0.2, 0.25) is 0 Å². The van der Waals surface area contributed by atoms with E-state index in [0.29, 0.717) is 6.04 Å². The van der Waals surface area contributed by atoms with Crippen LogP contribution >= 0.6 is 0 Å². The predicted molar refractivity (Wildman–Crippen MR) is 95.2 cm³/mol. The van der Waals surface area contributed by atoms with E-state index in [4.69, 9.17) is 4.98 Å². The summed E-state index contributed by atoms with van der Waals surface area (Å²) in [7, 11) is 0. The van der Waals surface area contributed by atoms with Crippen LogP contribution in [0.1, 0.15) is 38.5 Å². The second-order valence-electron chi connectivity index (χ2n) is 6.49. The maximum Gasteiger partial charge on any atom is 0.157 e. The first-order chi connectivity index (χ1) is 11.8. The summed E-state index contributed by atoms with van der Waals surface area (Å²) in [6.45, 7) is 0. The number of anilines is 1. The maximum atomic E-state index is 9.55. The highest BCUT2D eigenvalue weighted by atomic mass is 16.3. The number of benzene rings is 1. The van der Waals surface area contributed by atoms with Crippen molar-refractivity contribution in [2.24, 2.45) is 0 Å². The Morgan fingerprint density at radius 3 is 2.54 bits per heavy atom. The average molecular weight is 322 g/mol. The van der Waals surface area contributed by atoms with Crippen LogP contribution in [0.25, 0.3) is 16.9 Å². The van der Waals surface area contributed by atoms with Crippen molar-refractivity contribution in [3.05, 3.63) is 42.9 Å². The van der Waals surface area contributed by atoms with Gasteiger partial charge in [-0.1, -0.05) is 25.7 Å². The van der Waals surface area contributed by atoms with Crippen LogP contribution in [-0.4, -0.2) is 25.5 Å². The quantitative estimate of drug-likeness (QED) is 0.708. The van der Waals surface area contributed by atoms with E-state index < -0.39 is 0 Å². The molecule has 0 amide bonds. The molecule has 0 radical (unpaired) electrons. The van der Waals surface area contributed by atoms with E-state index in [1.165, 1.54) is 38.5 Å². The minimum Gasteiger partial charge on any atom is -0.508 e. The largest absolute Gasteiger partial charge is 0.508 e. The normalized spacial score (nSPS) is 16.2. The number of phenolic OH excluding ortho intramolecular Hbond substituents is 1. The molecule has 4 rings (SSSR count). The van der Waals surface area contributed by atoms with Crippen LogP contribution in [0.3, 0.4) is 0 Å². The third-order valence-electron chi connectivity index (χ3n) is 4.77. The van der Waals surface area contributed by atoms with Crippen LogP contribution in [-0.2, 0) is 0 Å². The molecule has 2 heterocycles. The molecular formula is C19H22N4O. The van der Waals surface area contributed by atoms with Gasteiger partial charge in [-0.15, -0.1) is 0 Å². The Morgan fingerprint density at radius 2 is 1.79 bits per heavy atom. The first-order valence-electron chi connectivity index (χ1n) is 8.69. The number of hydrogen-bond donors (Lipinski definition) is 2. The van der Waals surface area contributed by atoms with Gasteiger partial charge in [-0.2, -0.15) is 0 Å². The van der Waals surface area contributed by atoms with E-state index in [1.54, 1.807) is 24.5 Å². The lowest BCUT2D eigenvalue weighted by atomic mass is 10.1. The van der Waals surface area contributed by atoms with Crippen molar-refractivity contribution in [2.45, 2.75) is 44.6 Å². The lowest BCUT2D eigenvalue weighted by Gasteiger charge is -2.18. The van der Waals surface area contributed by atoms with Gasteiger partial charge in [-0.05, 0) is 37.1 Å². The number of nitrogens with one attached hydrogen (secondary N) is 1. The molecule has 2 aromatic heterocycles. The molecule has 0 bridgehead atoms. The van der Waals surface area contributed by atoms with Crippen LogP contribution in [0.4, 0.5) is 5.82 Å². The molecule has 24 heavy (non-hydrogen) atoms. The lowest BCUT2D eigenvalue weighted by molar-refractivity contribution is 0.475. The molecule has 5 nitrogen and oxygen atoms in total. The van der Waals surface area contributed by atoms with Gasteiger partial charge in [-0.25, -0.2) is 4.98 Å². The van der Waals surface area contributed by atoms with Gasteiger partial charge in [0.15, 0.2) is 5.65 Å². The number of aromatic hydroxyl groups is 1. The number of aromatic nitrogens is 3. The molecule has 1 fully saturated rings. The molecule has 0 aliphatic heterocycles. The molecule has 1 aliphatic carbocycles. The minimum absolute atomic E-state index is 0.266. The van der Waals surface area contributed by atoms with Gasteiger partial charge in [0.05, 0.1) is 6.20 Å². The summed E-state index contributed by atoms with van der Waals surface area (Å²) < 4.78 is 2.07. The predicted octanol–water partition coefficient (Wildman–Crippen LogP) is 4.24. The Kier molecular flexibility index (Phi) is 4.07. The molecule has 2 N–H and O–H groups in total. The van der Waals surface area contributed by atoms with Gasteiger partial charge >= 0.3 is 0 Å². The fourth-order valence-electron chi connectivity index (χ4n) is 3.48. The molecular weight excluding hydrogens is 300 g/mol. The van der Waals surface area contributed by atoms with E-state index in [9.17, 15) is 5.11 Å². The van der Waals surface area contributed by atoms with Gasteiger partial charge in [-0.3, -0.25) is 9.38 Å². The standard InChI is InChI=1S/C19H22N4O/c24-16-9-7-14(8-10-16)18-19(21-15-5-3-1-2-4-6-15)23-12-11-20-13-17(23)22-18/h7-13,15,21,24H,1-6H2. The summed E-state index contributed by atoms with van der Waals surface area (Å²) >= 11 is 0.